The zero-order valence-corrected chi connectivity index (χ0v) is 10.8. The third-order valence-corrected chi connectivity index (χ3v) is 2.55. The summed E-state index contributed by atoms with van der Waals surface area (Å²) in [5.74, 6) is 0.141. The summed E-state index contributed by atoms with van der Waals surface area (Å²) in [7, 11) is 0. The van der Waals surface area contributed by atoms with E-state index in [4.69, 9.17) is 4.42 Å². The number of nitrogens with zero attached hydrogens (tertiary/aromatic N) is 1. The van der Waals surface area contributed by atoms with Crippen LogP contribution in [0.25, 0.3) is 11.1 Å². The van der Waals surface area contributed by atoms with Gasteiger partial charge < -0.3 is 15.1 Å². The van der Waals surface area contributed by atoms with E-state index in [-0.39, 0.29) is 18.4 Å². The summed E-state index contributed by atoms with van der Waals surface area (Å²) in [6, 6.07) is 5.21. The van der Waals surface area contributed by atoms with Crippen LogP contribution in [0.15, 0.2) is 22.6 Å². The monoisotopic (exact) mass is 261 g/mol. The maximum atomic E-state index is 11.6. The molecule has 0 saturated heterocycles. The van der Waals surface area contributed by atoms with Crippen molar-refractivity contribution in [2.45, 2.75) is 20.3 Å². The molecule has 0 saturated carbocycles. The van der Waals surface area contributed by atoms with Gasteiger partial charge in [0.15, 0.2) is 11.5 Å². The average molecular weight is 261 g/mol. The number of aryl methyl sites for hydroxylation is 1. The molecule has 0 bridgehead atoms. The van der Waals surface area contributed by atoms with E-state index in [1.165, 1.54) is 0 Å². The lowest BCUT2D eigenvalue weighted by Crippen LogP contribution is -2.32. The van der Waals surface area contributed by atoms with Crippen molar-refractivity contribution in [1.82, 2.24) is 10.3 Å². The molecule has 0 spiro atoms. The number of carbonyl (C=O) groups excluding carboxylic acids is 2. The molecule has 19 heavy (non-hydrogen) atoms. The third kappa shape index (κ3) is 3.31. The third-order valence-electron chi connectivity index (χ3n) is 2.55. The van der Waals surface area contributed by atoms with Gasteiger partial charge in [-0.15, -0.1) is 0 Å². The number of anilines is 1. The molecule has 2 amide bonds. The van der Waals surface area contributed by atoms with Crippen LogP contribution in [-0.2, 0) is 9.59 Å². The molecule has 2 N–H and O–H groups in total. The second-order valence-corrected chi connectivity index (χ2v) is 4.09. The molecule has 100 valence electrons. The van der Waals surface area contributed by atoms with Crippen molar-refractivity contribution in [3.05, 3.63) is 24.1 Å². The molecular formula is C13H15N3O3. The van der Waals surface area contributed by atoms with Gasteiger partial charge in [-0.3, -0.25) is 9.59 Å². The number of rotatable bonds is 4. The van der Waals surface area contributed by atoms with E-state index in [1.54, 1.807) is 32.0 Å². The standard InChI is InChI=1S/C13H15N3O3/c1-3-12(17)14-7-13(18)16-9-4-5-10-11(6-9)19-8(2)15-10/h4-6H,3,7H2,1-2H3,(H,14,17)(H,16,18). The quantitative estimate of drug-likeness (QED) is 0.875. The van der Waals surface area contributed by atoms with E-state index in [1.807, 2.05) is 0 Å². The second kappa shape index (κ2) is 5.51. The number of nitrogens with one attached hydrogen (secondary N) is 2. The van der Waals surface area contributed by atoms with Gasteiger partial charge in [0.25, 0.3) is 0 Å². The summed E-state index contributed by atoms with van der Waals surface area (Å²) in [5, 5.41) is 5.19. The highest BCUT2D eigenvalue weighted by Crippen LogP contribution is 2.19. The normalized spacial score (nSPS) is 10.4. The molecule has 0 radical (unpaired) electrons. The summed E-state index contributed by atoms with van der Waals surface area (Å²) in [6.45, 7) is 3.45. The van der Waals surface area contributed by atoms with Gasteiger partial charge in [-0.2, -0.15) is 0 Å². The number of hydrogen-bond donors (Lipinski definition) is 2. The van der Waals surface area contributed by atoms with Crippen LogP contribution in [0.4, 0.5) is 5.69 Å². The van der Waals surface area contributed by atoms with E-state index >= 15 is 0 Å². The first kappa shape index (κ1) is 13.1. The molecular weight excluding hydrogens is 246 g/mol. The Hall–Kier alpha value is -2.37. The lowest BCUT2D eigenvalue weighted by Gasteiger charge is -2.05. The zero-order valence-electron chi connectivity index (χ0n) is 10.8. The Balaban J connectivity index is 2.00. The van der Waals surface area contributed by atoms with Crippen LogP contribution in [-0.4, -0.2) is 23.3 Å². The van der Waals surface area contributed by atoms with E-state index in [9.17, 15) is 9.59 Å². The Kier molecular flexibility index (Phi) is 3.79. The molecule has 0 atom stereocenters. The van der Waals surface area contributed by atoms with Crippen molar-refractivity contribution >= 4 is 28.6 Å². The molecule has 0 aliphatic carbocycles. The van der Waals surface area contributed by atoms with Gasteiger partial charge in [-0.25, -0.2) is 4.98 Å². The van der Waals surface area contributed by atoms with E-state index in [0.29, 0.717) is 23.6 Å². The first-order chi connectivity index (χ1) is 9.08. The molecule has 6 nitrogen and oxygen atoms in total. The Labute approximate surface area is 110 Å². The van der Waals surface area contributed by atoms with Crippen molar-refractivity contribution < 1.29 is 14.0 Å². The van der Waals surface area contributed by atoms with Gasteiger partial charge in [0.2, 0.25) is 11.8 Å². The maximum absolute atomic E-state index is 11.6. The second-order valence-electron chi connectivity index (χ2n) is 4.09. The molecule has 2 aromatic rings. The highest BCUT2D eigenvalue weighted by molar-refractivity contribution is 5.95. The predicted molar refractivity (Wildman–Crippen MR) is 70.7 cm³/mol. The predicted octanol–water partition coefficient (Wildman–Crippen LogP) is 1.60. The minimum absolute atomic E-state index is 0.0415. The van der Waals surface area contributed by atoms with Gasteiger partial charge >= 0.3 is 0 Å². The Morgan fingerprint density at radius 1 is 1.32 bits per heavy atom. The number of hydrogen-bond acceptors (Lipinski definition) is 4. The number of carbonyl (C=O) groups is 2. The molecule has 2 rings (SSSR count). The Bertz CT molecular complexity index is 619. The summed E-state index contributed by atoms with van der Waals surface area (Å²) in [5.41, 5.74) is 1.97. The van der Waals surface area contributed by atoms with Crippen LogP contribution in [0.2, 0.25) is 0 Å². The van der Waals surface area contributed by atoms with Crippen LogP contribution in [0, 0.1) is 6.92 Å². The lowest BCUT2D eigenvalue weighted by molar-refractivity contribution is -0.123. The fraction of sp³-hybridized carbons (Fsp3) is 0.308. The van der Waals surface area contributed by atoms with Gasteiger partial charge in [0.05, 0.1) is 6.54 Å². The first-order valence-electron chi connectivity index (χ1n) is 6.02. The van der Waals surface area contributed by atoms with Gasteiger partial charge in [0, 0.05) is 25.1 Å². The molecule has 0 unspecified atom stereocenters. The SMILES string of the molecule is CCC(=O)NCC(=O)Nc1ccc2nc(C)oc2c1. The summed E-state index contributed by atoms with van der Waals surface area (Å²) in [4.78, 5) is 26.8. The first-order valence-corrected chi connectivity index (χ1v) is 6.02. The fourth-order valence-electron chi connectivity index (χ4n) is 1.63. The zero-order chi connectivity index (χ0) is 13.8. The molecule has 1 aromatic carbocycles. The van der Waals surface area contributed by atoms with Crippen LogP contribution in [0.5, 0.6) is 0 Å². The summed E-state index contributed by atoms with van der Waals surface area (Å²) < 4.78 is 5.37. The van der Waals surface area contributed by atoms with Crippen LogP contribution < -0.4 is 10.6 Å². The number of oxazole rings is 1. The maximum Gasteiger partial charge on any atom is 0.243 e. The number of amides is 2. The molecule has 0 aliphatic heterocycles. The molecule has 1 heterocycles. The highest BCUT2D eigenvalue weighted by Gasteiger charge is 2.07. The molecule has 6 heteroatoms. The van der Waals surface area contributed by atoms with Gasteiger partial charge in [-0.05, 0) is 12.1 Å². The fourth-order valence-corrected chi connectivity index (χ4v) is 1.63. The smallest absolute Gasteiger partial charge is 0.243 e. The molecule has 0 aliphatic rings. The van der Waals surface area contributed by atoms with E-state index in [0.717, 1.165) is 5.52 Å². The van der Waals surface area contributed by atoms with Crippen LogP contribution >= 0.6 is 0 Å². The van der Waals surface area contributed by atoms with Crippen molar-refractivity contribution in [3.63, 3.8) is 0 Å². The van der Waals surface area contributed by atoms with Crippen LogP contribution in [0.1, 0.15) is 19.2 Å². The van der Waals surface area contributed by atoms with Crippen LogP contribution in [0.3, 0.4) is 0 Å². The van der Waals surface area contributed by atoms with Gasteiger partial charge in [-0.1, -0.05) is 6.92 Å². The molecule has 1 aromatic heterocycles. The van der Waals surface area contributed by atoms with Gasteiger partial charge in [0.1, 0.15) is 5.52 Å². The number of aromatic nitrogens is 1. The lowest BCUT2D eigenvalue weighted by atomic mass is 10.3. The largest absolute Gasteiger partial charge is 0.441 e. The Morgan fingerprint density at radius 3 is 2.84 bits per heavy atom. The summed E-state index contributed by atoms with van der Waals surface area (Å²) >= 11 is 0. The minimum atomic E-state index is -0.280. The number of fused-ring (bicyclic) bond motifs is 1. The van der Waals surface area contributed by atoms with Crippen molar-refractivity contribution in [3.8, 4) is 0 Å². The van der Waals surface area contributed by atoms with Crippen molar-refractivity contribution in [2.24, 2.45) is 0 Å². The minimum Gasteiger partial charge on any atom is -0.441 e. The topological polar surface area (TPSA) is 84.2 Å². The Morgan fingerprint density at radius 2 is 2.11 bits per heavy atom. The summed E-state index contributed by atoms with van der Waals surface area (Å²) in [6.07, 6.45) is 0.358. The van der Waals surface area contributed by atoms with Crippen molar-refractivity contribution in [2.75, 3.05) is 11.9 Å². The van der Waals surface area contributed by atoms with Crippen molar-refractivity contribution in [1.29, 1.82) is 0 Å². The highest BCUT2D eigenvalue weighted by atomic mass is 16.3. The number of benzene rings is 1. The van der Waals surface area contributed by atoms with E-state index in [2.05, 4.69) is 15.6 Å². The molecule has 0 fully saturated rings. The average Bonchev–Trinajstić information content (AvgIpc) is 2.75. The van der Waals surface area contributed by atoms with E-state index < -0.39 is 0 Å².